The van der Waals surface area contributed by atoms with E-state index in [1.165, 1.54) is 11.3 Å². The summed E-state index contributed by atoms with van der Waals surface area (Å²) in [6.45, 7) is 4.12. The van der Waals surface area contributed by atoms with Gasteiger partial charge in [-0.05, 0) is 12.8 Å². The summed E-state index contributed by atoms with van der Waals surface area (Å²) < 4.78 is 0. The Bertz CT molecular complexity index is 525. The van der Waals surface area contributed by atoms with Crippen molar-refractivity contribution in [2.75, 3.05) is 17.6 Å². The molecule has 6 heteroatoms. The van der Waals surface area contributed by atoms with Gasteiger partial charge in [-0.1, -0.05) is 6.08 Å². The van der Waals surface area contributed by atoms with E-state index < -0.39 is 0 Å². The van der Waals surface area contributed by atoms with Crippen molar-refractivity contribution in [1.82, 2.24) is 5.32 Å². The molecule has 1 aliphatic carbocycles. The van der Waals surface area contributed by atoms with Crippen LogP contribution in [0, 0.1) is 11.3 Å². The van der Waals surface area contributed by atoms with E-state index >= 15 is 0 Å². The molecule has 0 radical (unpaired) electrons. The number of thiophene rings is 1. The zero-order valence-corrected chi connectivity index (χ0v) is 10.6. The average molecular weight is 262 g/mol. The summed E-state index contributed by atoms with van der Waals surface area (Å²) in [5.41, 5.74) is 6.44. The monoisotopic (exact) mass is 262 g/mol. The van der Waals surface area contributed by atoms with Crippen LogP contribution in [0.15, 0.2) is 12.7 Å². The number of nitrogens with one attached hydrogen (secondary N) is 2. The van der Waals surface area contributed by atoms with Crippen LogP contribution in [0.5, 0.6) is 0 Å². The highest BCUT2D eigenvalue weighted by molar-refractivity contribution is 7.18. The molecule has 0 bridgehead atoms. The van der Waals surface area contributed by atoms with Crippen molar-refractivity contribution in [3.05, 3.63) is 23.1 Å². The van der Waals surface area contributed by atoms with Crippen LogP contribution in [0.3, 0.4) is 0 Å². The predicted molar refractivity (Wildman–Crippen MR) is 72.6 cm³/mol. The molecule has 0 aliphatic heterocycles. The molecule has 0 atom stereocenters. The van der Waals surface area contributed by atoms with E-state index in [0.29, 0.717) is 22.0 Å². The van der Waals surface area contributed by atoms with Crippen molar-refractivity contribution in [2.45, 2.75) is 18.9 Å². The summed E-state index contributed by atoms with van der Waals surface area (Å²) in [5.74, 6) is -0.192. The normalized spacial score (nSPS) is 13.7. The van der Waals surface area contributed by atoms with Gasteiger partial charge in [-0.3, -0.25) is 4.79 Å². The molecule has 4 N–H and O–H groups in total. The molecule has 1 heterocycles. The molecule has 1 aromatic heterocycles. The van der Waals surface area contributed by atoms with E-state index in [2.05, 4.69) is 17.2 Å². The molecule has 0 saturated heterocycles. The number of nitriles is 1. The lowest BCUT2D eigenvalue weighted by Crippen LogP contribution is -2.25. The van der Waals surface area contributed by atoms with Gasteiger partial charge in [0, 0.05) is 12.6 Å². The molecule has 2 rings (SSSR count). The molecule has 1 aliphatic rings. The number of nitrogens with two attached hydrogens (primary N) is 1. The van der Waals surface area contributed by atoms with Crippen molar-refractivity contribution in [1.29, 1.82) is 5.26 Å². The standard InChI is InChI=1S/C12H14N4OS/c1-2-5-15-12-8(6-13)9(14)10(18-12)11(17)16-7-3-4-7/h2,7,15H,1,3-5,14H2,(H,16,17). The Morgan fingerprint density at radius 3 is 2.94 bits per heavy atom. The summed E-state index contributed by atoms with van der Waals surface area (Å²) in [7, 11) is 0. The number of anilines is 2. The maximum Gasteiger partial charge on any atom is 0.263 e. The number of amides is 1. The summed E-state index contributed by atoms with van der Waals surface area (Å²) in [6.07, 6.45) is 3.72. The Hall–Kier alpha value is -2.00. The van der Waals surface area contributed by atoms with Crippen molar-refractivity contribution in [3.63, 3.8) is 0 Å². The highest BCUT2D eigenvalue weighted by atomic mass is 32.1. The molecule has 1 amide bonds. The fourth-order valence-corrected chi connectivity index (χ4v) is 2.47. The van der Waals surface area contributed by atoms with Crippen molar-refractivity contribution < 1.29 is 4.79 Å². The molecule has 1 saturated carbocycles. The van der Waals surface area contributed by atoms with Crippen molar-refractivity contribution >= 4 is 27.9 Å². The SMILES string of the molecule is C=CCNc1sc(C(=O)NC2CC2)c(N)c1C#N. The Morgan fingerprint density at radius 1 is 1.67 bits per heavy atom. The van der Waals surface area contributed by atoms with Gasteiger partial charge in [-0.15, -0.1) is 17.9 Å². The number of carbonyl (C=O) groups excluding carboxylic acids is 1. The Morgan fingerprint density at radius 2 is 2.39 bits per heavy atom. The smallest absolute Gasteiger partial charge is 0.263 e. The van der Waals surface area contributed by atoms with Crippen LogP contribution in [-0.2, 0) is 0 Å². The molecule has 0 aromatic carbocycles. The van der Waals surface area contributed by atoms with Crippen LogP contribution >= 0.6 is 11.3 Å². The van der Waals surface area contributed by atoms with Crippen LogP contribution in [0.4, 0.5) is 10.7 Å². The molecular formula is C12H14N4OS. The second kappa shape index (κ2) is 5.10. The molecule has 1 aromatic rings. The van der Waals surface area contributed by atoms with Crippen LogP contribution in [0.1, 0.15) is 28.1 Å². The van der Waals surface area contributed by atoms with Gasteiger partial charge in [-0.2, -0.15) is 5.26 Å². The molecule has 0 unspecified atom stereocenters. The van der Waals surface area contributed by atoms with E-state index in [0.717, 1.165) is 12.8 Å². The zero-order valence-electron chi connectivity index (χ0n) is 9.82. The average Bonchev–Trinajstić information content (AvgIpc) is 3.10. The first-order valence-corrected chi connectivity index (χ1v) is 6.47. The van der Waals surface area contributed by atoms with Crippen LogP contribution < -0.4 is 16.4 Å². The largest absolute Gasteiger partial charge is 0.396 e. The maximum absolute atomic E-state index is 11.9. The minimum atomic E-state index is -0.192. The number of nitrogens with zero attached hydrogens (tertiary/aromatic N) is 1. The number of hydrogen-bond acceptors (Lipinski definition) is 5. The third kappa shape index (κ3) is 2.46. The van der Waals surface area contributed by atoms with Gasteiger partial charge in [0.1, 0.15) is 21.5 Å². The number of carbonyl (C=O) groups is 1. The van der Waals surface area contributed by atoms with Crippen LogP contribution in [0.2, 0.25) is 0 Å². The van der Waals surface area contributed by atoms with Gasteiger partial charge in [0.2, 0.25) is 0 Å². The Balaban J connectivity index is 2.24. The lowest BCUT2D eigenvalue weighted by Gasteiger charge is -2.00. The first-order valence-electron chi connectivity index (χ1n) is 5.65. The van der Waals surface area contributed by atoms with Gasteiger partial charge >= 0.3 is 0 Å². The van der Waals surface area contributed by atoms with Crippen molar-refractivity contribution in [2.24, 2.45) is 0 Å². The minimum Gasteiger partial charge on any atom is -0.396 e. The molecule has 5 nitrogen and oxygen atoms in total. The molecule has 1 fully saturated rings. The summed E-state index contributed by atoms with van der Waals surface area (Å²) in [6, 6.07) is 2.30. The van der Waals surface area contributed by atoms with E-state index in [1.807, 2.05) is 6.07 Å². The number of rotatable bonds is 5. The molecule has 18 heavy (non-hydrogen) atoms. The quantitative estimate of drug-likeness (QED) is 0.704. The third-order valence-electron chi connectivity index (χ3n) is 2.58. The third-order valence-corrected chi connectivity index (χ3v) is 3.74. The lowest BCUT2D eigenvalue weighted by atomic mass is 10.2. The van der Waals surface area contributed by atoms with E-state index in [4.69, 9.17) is 11.0 Å². The molecular weight excluding hydrogens is 248 g/mol. The van der Waals surface area contributed by atoms with Crippen LogP contribution in [-0.4, -0.2) is 18.5 Å². The predicted octanol–water partition coefficient (Wildman–Crippen LogP) is 1.69. The fraction of sp³-hybridized carbons (Fsp3) is 0.333. The molecule has 0 spiro atoms. The van der Waals surface area contributed by atoms with Crippen LogP contribution in [0.25, 0.3) is 0 Å². The fourth-order valence-electron chi connectivity index (χ4n) is 1.49. The highest BCUT2D eigenvalue weighted by Crippen LogP contribution is 2.35. The Labute approximate surface area is 109 Å². The molecule has 94 valence electrons. The summed E-state index contributed by atoms with van der Waals surface area (Å²) in [5, 5.41) is 15.6. The number of nitrogen functional groups attached to an aromatic ring is 1. The highest BCUT2D eigenvalue weighted by Gasteiger charge is 2.27. The first kappa shape index (κ1) is 12.5. The zero-order chi connectivity index (χ0) is 13.1. The van der Waals surface area contributed by atoms with Gasteiger partial charge in [0.25, 0.3) is 5.91 Å². The minimum absolute atomic E-state index is 0.192. The van der Waals surface area contributed by atoms with E-state index in [1.54, 1.807) is 6.08 Å². The van der Waals surface area contributed by atoms with E-state index in [9.17, 15) is 4.79 Å². The van der Waals surface area contributed by atoms with Gasteiger partial charge in [-0.25, -0.2) is 0 Å². The van der Waals surface area contributed by atoms with E-state index in [-0.39, 0.29) is 17.6 Å². The first-order chi connectivity index (χ1) is 8.67. The maximum atomic E-state index is 11.9. The summed E-state index contributed by atoms with van der Waals surface area (Å²) >= 11 is 1.21. The van der Waals surface area contributed by atoms with Gasteiger partial charge in [0.15, 0.2) is 0 Å². The summed E-state index contributed by atoms with van der Waals surface area (Å²) in [4.78, 5) is 12.3. The second-order valence-corrected chi connectivity index (χ2v) is 5.10. The van der Waals surface area contributed by atoms with Crippen molar-refractivity contribution in [3.8, 4) is 6.07 Å². The topological polar surface area (TPSA) is 90.9 Å². The lowest BCUT2D eigenvalue weighted by molar-refractivity contribution is 0.0956. The van der Waals surface area contributed by atoms with Gasteiger partial charge < -0.3 is 16.4 Å². The second-order valence-electron chi connectivity index (χ2n) is 4.08. The Kier molecular flexibility index (Phi) is 3.53. The van der Waals surface area contributed by atoms with Gasteiger partial charge in [0.05, 0.1) is 5.69 Å². The number of hydrogen-bond donors (Lipinski definition) is 3.